The van der Waals surface area contributed by atoms with Crippen LogP contribution in [0.2, 0.25) is 0 Å². The fourth-order valence-electron chi connectivity index (χ4n) is 3.46. The van der Waals surface area contributed by atoms with E-state index in [1.807, 2.05) is 24.4 Å². The number of carbonyl (C=O) groups excluding carboxylic acids is 2. The monoisotopic (exact) mass is 429 g/mol. The molecule has 0 saturated carbocycles. The van der Waals surface area contributed by atoms with Crippen molar-refractivity contribution in [2.24, 2.45) is 0 Å². The second-order valence-electron chi connectivity index (χ2n) is 8.03. The zero-order valence-corrected chi connectivity index (χ0v) is 19.0. The molecule has 4 heteroatoms. The number of rotatable bonds is 11. The predicted molar refractivity (Wildman–Crippen MR) is 128 cm³/mol. The first-order chi connectivity index (χ1) is 15.6. The molecular formula is C28H31NO3. The van der Waals surface area contributed by atoms with Crippen molar-refractivity contribution in [1.82, 2.24) is 4.98 Å². The van der Waals surface area contributed by atoms with Crippen LogP contribution in [0.1, 0.15) is 78.7 Å². The normalized spacial score (nSPS) is 10.7. The van der Waals surface area contributed by atoms with Crippen molar-refractivity contribution in [2.45, 2.75) is 58.8 Å². The van der Waals surface area contributed by atoms with Crippen LogP contribution in [0, 0.1) is 0 Å². The van der Waals surface area contributed by atoms with Crippen LogP contribution in [0.15, 0.2) is 66.9 Å². The fraction of sp³-hybridized carbons (Fsp3) is 0.321. The Bertz CT molecular complexity index is 1010. The van der Waals surface area contributed by atoms with E-state index in [0.29, 0.717) is 23.3 Å². The zero-order chi connectivity index (χ0) is 22.8. The largest absolute Gasteiger partial charge is 0.423 e. The summed E-state index contributed by atoms with van der Waals surface area (Å²) < 4.78 is 5.46. The van der Waals surface area contributed by atoms with Crippen LogP contribution in [0.25, 0.3) is 11.3 Å². The number of aromatic nitrogens is 1. The molecule has 1 heterocycles. The van der Waals surface area contributed by atoms with E-state index in [-0.39, 0.29) is 5.78 Å². The minimum atomic E-state index is -0.430. The van der Waals surface area contributed by atoms with Crippen LogP contribution in [0.4, 0.5) is 0 Å². The quantitative estimate of drug-likeness (QED) is 0.141. The van der Waals surface area contributed by atoms with Gasteiger partial charge >= 0.3 is 5.97 Å². The maximum Gasteiger partial charge on any atom is 0.343 e. The van der Waals surface area contributed by atoms with Crippen LogP contribution in [0.3, 0.4) is 0 Å². The predicted octanol–water partition coefficient (Wildman–Crippen LogP) is 7.07. The number of aryl methyl sites for hydroxylation is 1. The van der Waals surface area contributed by atoms with Gasteiger partial charge in [0.1, 0.15) is 5.75 Å². The molecule has 0 atom stereocenters. The van der Waals surface area contributed by atoms with Crippen LogP contribution in [-0.2, 0) is 6.42 Å². The van der Waals surface area contributed by atoms with Gasteiger partial charge in [0.25, 0.3) is 0 Å². The van der Waals surface area contributed by atoms with Gasteiger partial charge in [-0.05, 0) is 67.3 Å². The molecule has 0 radical (unpaired) electrons. The number of unbranched alkanes of at least 4 members (excludes halogenated alkanes) is 3. The van der Waals surface area contributed by atoms with Gasteiger partial charge in [-0.1, -0.05) is 51.3 Å². The van der Waals surface area contributed by atoms with E-state index in [0.717, 1.165) is 30.5 Å². The molecule has 32 heavy (non-hydrogen) atoms. The lowest BCUT2D eigenvalue weighted by Gasteiger charge is -2.07. The van der Waals surface area contributed by atoms with Crippen LogP contribution in [-0.4, -0.2) is 16.7 Å². The molecule has 2 aromatic carbocycles. The maximum absolute atomic E-state index is 12.5. The highest BCUT2D eigenvalue weighted by Crippen LogP contribution is 2.20. The Morgan fingerprint density at radius 3 is 2.09 bits per heavy atom. The number of hydrogen-bond acceptors (Lipinski definition) is 4. The second kappa shape index (κ2) is 11.9. The fourth-order valence-corrected chi connectivity index (χ4v) is 3.46. The Morgan fingerprint density at radius 1 is 0.781 bits per heavy atom. The van der Waals surface area contributed by atoms with Gasteiger partial charge in [0, 0.05) is 23.7 Å². The number of benzene rings is 2. The molecule has 0 aliphatic carbocycles. The van der Waals surface area contributed by atoms with E-state index in [2.05, 4.69) is 24.9 Å². The van der Waals surface area contributed by atoms with Crippen LogP contribution in [0.5, 0.6) is 5.75 Å². The van der Waals surface area contributed by atoms with E-state index < -0.39 is 5.97 Å². The first-order valence-corrected chi connectivity index (χ1v) is 11.5. The first-order valence-electron chi connectivity index (χ1n) is 11.5. The third-order valence-electron chi connectivity index (χ3n) is 5.45. The Hall–Kier alpha value is -3.27. The third-order valence-corrected chi connectivity index (χ3v) is 5.45. The molecule has 0 amide bonds. The second-order valence-corrected chi connectivity index (χ2v) is 8.03. The summed E-state index contributed by atoms with van der Waals surface area (Å²) >= 11 is 0. The molecule has 0 unspecified atom stereocenters. The van der Waals surface area contributed by atoms with Crippen molar-refractivity contribution < 1.29 is 14.3 Å². The Kier molecular flexibility index (Phi) is 8.73. The topological polar surface area (TPSA) is 56.3 Å². The summed E-state index contributed by atoms with van der Waals surface area (Å²) in [6, 6.07) is 18.1. The van der Waals surface area contributed by atoms with E-state index in [1.165, 1.54) is 24.8 Å². The van der Waals surface area contributed by atoms with Crippen molar-refractivity contribution in [1.29, 1.82) is 0 Å². The molecule has 166 valence electrons. The molecule has 1 aromatic heterocycles. The minimum Gasteiger partial charge on any atom is -0.423 e. The molecule has 0 spiro atoms. The summed E-state index contributed by atoms with van der Waals surface area (Å²) in [5.41, 5.74) is 4.20. The van der Waals surface area contributed by atoms with Gasteiger partial charge in [-0.3, -0.25) is 9.78 Å². The molecule has 0 bridgehead atoms. The molecule has 0 saturated heterocycles. The van der Waals surface area contributed by atoms with Crippen molar-refractivity contribution >= 4 is 11.8 Å². The summed E-state index contributed by atoms with van der Waals surface area (Å²) in [5.74, 6) is 0.107. The van der Waals surface area contributed by atoms with Gasteiger partial charge in [-0.25, -0.2) is 4.79 Å². The van der Waals surface area contributed by atoms with Gasteiger partial charge in [0.15, 0.2) is 5.78 Å². The van der Waals surface area contributed by atoms with Crippen LogP contribution < -0.4 is 4.74 Å². The van der Waals surface area contributed by atoms with Crippen molar-refractivity contribution in [2.75, 3.05) is 0 Å². The number of nitrogens with zero attached hydrogens (tertiary/aromatic N) is 1. The highest BCUT2D eigenvalue weighted by atomic mass is 16.5. The molecule has 0 aliphatic rings. The first kappa shape index (κ1) is 23.4. The number of hydrogen-bond donors (Lipinski definition) is 0. The van der Waals surface area contributed by atoms with Gasteiger partial charge in [0.2, 0.25) is 0 Å². The number of ketones is 1. The number of Topliss-reactive ketones (excluding diaryl/α,β-unsaturated/α-hetero) is 1. The highest BCUT2D eigenvalue weighted by molar-refractivity contribution is 5.96. The molecule has 0 N–H and O–H groups in total. The van der Waals surface area contributed by atoms with E-state index in [1.54, 1.807) is 36.4 Å². The van der Waals surface area contributed by atoms with Gasteiger partial charge < -0.3 is 4.74 Å². The maximum atomic E-state index is 12.5. The summed E-state index contributed by atoms with van der Waals surface area (Å²) in [6.45, 7) is 4.26. The van der Waals surface area contributed by atoms with Crippen molar-refractivity contribution in [3.05, 3.63) is 83.6 Å². The van der Waals surface area contributed by atoms with Gasteiger partial charge in [-0.15, -0.1) is 0 Å². The van der Waals surface area contributed by atoms with Crippen molar-refractivity contribution in [3.8, 4) is 17.0 Å². The average Bonchev–Trinajstić information content (AvgIpc) is 2.83. The minimum absolute atomic E-state index is 0.114. The lowest BCUT2D eigenvalue weighted by molar-refractivity contribution is 0.0734. The van der Waals surface area contributed by atoms with Gasteiger partial charge in [0.05, 0.1) is 11.3 Å². The Balaban J connectivity index is 1.58. The summed E-state index contributed by atoms with van der Waals surface area (Å²) in [5, 5.41) is 0. The third kappa shape index (κ3) is 6.61. The summed E-state index contributed by atoms with van der Waals surface area (Å²) in [6.07, 6.45) is 9.03. The molecule has 0 fully saturated rings. The number of ether oxygens (including phenoxy) is 1. The molecule has 3 rings (SSSR count). The smallest absolute Gasteiger partial charge is 0.343 e. The summed E-state index contributed by atoms with van der Waals surface area (Å²) in [7, 11) is 0. The molecule has 3 aromatic rings. The molecule has 4 nitrogen and oxygen atoms in total. The Labute approximate surface area is 190 Å². The van der Waals surface area contributed by atoms with Crippen molar-refractivity contribution in [3.63, 3.8) is 0 Å². The lowest BCUT2D eigenvalue weighted by Crippen LogP contribution is -2.08. The van der Waals surface area contributed by atoms with Crippen LogP contribution >= 0.6 is 0 Å². The zero-order valence-electron chi connectivity index (χ0n) is 19.0. The molecular weight excluding hydrogens is 398 g/mol. The SMILES string of the molecule is CCCCCc1ccc(-c2ccc(C(=O)Oc3ccc(C(=O)CCCC)cc3)cc2)nc1. The Morgan fingerprint density at radius 2 is 1.47 bits per heavy atom. The standard InChI is InChI=1S/C28H31NO3/c1-3-5-7-8-21-10-19-26(29-20-21)22-11-13-24(14-12-22)28(31)32-25-17-15-23(16-18-25)27(30)9-6-4-2/h10-20H,3-9H2,1-2H3. The number of pyridine rings is 1. The van der Waals surface area contributed by atoms with E-state index >= 15 is 0 Å². The van der Waals surface area contributed by atoms with E-state index in [4.69, 9.17) is 4.74 Å². The average molecular weight is 430 g/mol. The van der Waals surface area contributed by atoms with E-state index in [9.17, 15) is 9.59 Å². The highest BCUT2D eigenvalue weighted by Gasteiger charge is 2.11. The number of esters is 1. The van der Waals surface area contributed by atoms with Gasteiger partial charge in [-0.2, -0.15) is 0 Å². The lowest BCUT2D eigenvalue weighted by atomic mass is 10.1. The molecule has 0 aliphatic heterocycles. The number of carbonyl (C=O) groups is 2. The summed E-state index contributed by atoms with van der Waals surface area (Å²) in [4.78, 5) is 29.1.